The summed E-state index contributed by atoms with van der Waals surface area (Å²) in [5.74, 6) is 1.15. The molecule has 0 amide bonds. The second kappa shape index (κ2) is 12.5. The van der Waals surface area contributed by atoms with Crippen LogP contribution in [0.2, 0.25) is 0 Å². The van der Waals surface area contributed by atoms with Crippen LogP contribution in [0, 0.1) is 6.92 Å². The van der Waals surface area contributed by atoms with Crippen LogP contribution in [-0.4, -0.2) is 35.5 Å². The highest BCUT2D eigenvalue weighted by Gasteiger charge is 2.28. The number of pyridine rings is 2. The van der Waals surface area contributed by atoms with Crippen LogP contribution in [0.4, 0.5) is 14.6 Å². The van der Waals surface area contributed by atoms with E-state index in [1.54, 1.807) is 0 Å². The molecule has 0 bridgehead atoms. The molecule has 38 heavy (non-hydrogen) atoms. The summed E-state index contributed by atoms with van der Waals surface area (Å²) in [5.41, 5.74) is 9.32. The normalized spacial score (nSPS) is 12.0. The number of halogens is 2. The number of rotatable bonds is 13. The first-order valence-corrected chi connectivity index (χ1v) is 13.6. The summed E-state index contributed by atoms with van der Waals surface area (Å²) in [6.45, 7) is 4.45. The average molecular weight is 540 g/mol. The quantitative estimate of drug-likeness (QED) is 0.111. The molecule has 4 aromatic rings. The van der Waals surface area contributed by atoms with Gasteiger partial charge in [0.2, 0.25) is 8.46 Å². The SMILES string of the molecule is CCCc1ccc2c(c1)nc(N)c1ncc(CCc3ccc(OCCOCCC(F)(F)P=O)cc3C)cc12. The Morgan fingerprint density at radius 1 is 0.974 bits per heavy atom. The van der Waals surface area contributed by atoms with E-state index in [4.69, 9.17) is 15.2 Å². The van der Waals surface area contributed by atoms with E-state index < -0.39 is 20.5 Å². The number of nitrogens with zero attached hydrogens (tertiary/aromatic N) is 2. The van der Waals surface area contributed by atoms with Gasteiger partial charge in [-0.3, -0.25) is 9.55 Å². The van der Waals surface area contributed by atoms with E-state index >= 15 is 0 Å². The standard InChI is InChI=1S/C29H32F2N3O3P/c1-3-4-20-6-10-24-25-16-21(18-33-27(25)28(32)34-26(24)17-20)5-7-22-8-9-23(15-19(22)2)37-14-13-36-12-11-29(30,31)38-35/h6,8-10,15-18H,3-5,7,11-14H2,1-2H3,(H2,32,34). The third-order valence-corrected chi connectivity index (χ3v) is 6.98. The smallest absolute Gasteiger partial charge is 0.327 e. The zero-order chi connectivity index (χ0) is 27.1. The van der Waals surface area contributed by atoms with Crippen molar-refractivity contribution in [2.45, 2.75) is 51.6 Å². The Labute approximate surface area is 222 Å². The van der Waals surface area contributed by atoms with Crippen LogP contribution in [0.5, 0.6) is 5.75 Å². The van der Waals surface area contributed by atoms with Crippen molar-refractivity contribution in [1.82, 2.24) is 9.97 Å². The zero-order valence-electron chi connectivity index (χ0n) is 21.7. The van der Waals surface area contributed by atoms with Gasteiger partial charge < -0.3 is 15.2 Å². The van der Waals surface area contributed by atoms with Gasteiger partial charge in [0.25, 0.3) is 0 Å². The van der Waals surface area contributed by atoms with E-state index in [9.17, 15) is 13.3 Å². The number of fused-ring (bicyclic) bond motifs is 3. The molecule has 0 aliphatic rings. The minimum Gasteiger partial charge on any atom is -0.491 e. The number of hydrogen-bond donors (Lipinski definition) is 1. The molecule has 2 aromatic carbocycles. The van der Waals surface area contributed by atoms with Crippen molar-refractivity contribution >= 4 is 36.1 Å². The van der Waals surface area contributed by atoms with Gasteiger partial charge in [0, 0.05) is 23.4 Å². The van der Waals surface area contributed by atoms with Crippen LogP contribution in [0.25, 0.3) is 21.8 Å². The van der Waals surface area contributed by atoms with Crippen LogP contribution in [0.3, 0.4) is 0 Å². The number of ether oxygens (including phenoxy) is 2. The molecule has 0 aliphatic heterocycles. The molecule has 0 saturated carbocycles. The lowest BCUT2D eigenvalue weighted by atomic mass is 9.99. The van der Waals surface area contributed by atoms with Crippen molar-refractivity contribution in [2.24, 2.45) is 0 Å². The maximum absolute atomic E-state index is 12.9. The Morgan fingerprint density at radius 3 is 2.58 bits per heavy atom. The molecule has 0 unspecified atom stereocenters. The van der Waals surface area contributed by atoms with Gasteiger partial charge >= 0.3 is 5.66 Å². The molecule has 0 aliphatic carbocycles. The maximum atomic E-state index is 12.9. The molecular weight excluding hydrogens is 507 g/mol. The van der Waals surface area contributed by atoms with Gasteiger partial charge in [-0.25, -0.2) is 4.98 Å². The van der Waals surface area contributed by atoms with Crippen LogP contribution >= 0.6 is 8.46 Å². The lowest BCUT2D eigenvalue weighted by Gasteiger charge is -2.12. The van der Waals surface area contributed by atoms with E-state index in [1.807, 2.05) is 31.3 Å². The highest BCUT2D eigenvalue weighted by Crippen LogP contribution is 2.30. The Hall–Kier alpha value is -3.22. The largest absolute Gasteiger partial charge is 0.491 e. The molecule has 0 saturated heterocycles. The molecule has 9 heteroatoms. The molecule has 0 fully saturated rings. The van der Waals surface area contributed by atoms with E-state index in [0.29, 0.717) is 11.6 Å². The summed E-state index contributed by atoms with van der Waals surface area (Å²) in [6, 6.07) is 14.5. The van der Waals surface area contributed by atoms with Crippen molar-refractivity contribution in [3.63, 3.8) is 0 Å². The molecule has 2 N–H and O–H groups in total. The summed E-state index contributed by atoms with van der Waals surface area (Å²) in [7, 11) is -1.18. The van der Waals surface area contributed by atoms with Gasteiger partial charge in [0.05, 0.1) is 18.7 Å². The van der Waals surface area contributed by atoms with Crippen molar-refractivity contribution in [2.75, 3.05) is 25.6 Å². The van der Waals surface area contributed by atoms with Gasteiger partial charge in [0.1, 0.15) is 17.9 Å². The number of alkyl halides is 2. The number of hydrogen-bond acceptors (Lipinski definition) is 6. The Morgan fingerprint density at radius 2 is 1.82 bits per heavy atom. The van der Waals surface area contributed by atoms with Crippen molar-refractivity contribution < 1.29 is 22.8 Å². The third kappa shape index (κ3) is 7.00. The lowest BCUT2D eigenvalue weighted by molar-refractivity contribution is 0.0303. The Bertz CT molecular complexity index is 1430. The summed E-state index contributed by atoms with van der Waals surface area (Å²) < 4.78 is 47.0. The second-order valence-corrected chi connectivity index (χ2v) is 10.2. The second-order valence-electron chi connectivity index (χ2n) is 9.39. The summed E-state index contributed by atoms with van der Waals surface area (Å²) >= 11 is 0. The average Bonchev–Trinajstić information content (AvgIpc) is 2.90. The van der Waals surface area contributed by atoms with Crippen molar-refractivity contribution in [3.8, 4) is 5.75 Å². The molecule has 0 spiro atoms. The highest BCUT2D eigenvalue weighted by molar-refractivity contribution is 7.25. The number of aryl methyl sites for hydroxylation is 4. The van der Waals surface area contributed by atoms with Crippen LogP contribution in [0.1, 0.15) is 42.0 Å². The Balaban J connectivity index is 1.37. The fraction of sp³-hybridized carbons (Fsp3) is 0.379. The van der Waals surface area contributed by atoms with Gasteiger partial charge in [-0.05, 0) is 72.7 Å². The van der Waals surface area contributed by atoms with Gasteiger partial charge in [0.15, 0.2) is 5.82 Å². The first-order chi connectivity index (χ1) is 18.3. The molecule has 0 atom stereocenters. The van der Waals surface area contributed by atoms with Crippen molar-refractivity contribution in [1.29, 1.82) is 0 Å². The van der Waals surface area contributed by atoms with E-state index in [-0.39, 0.29) is 19.8 Å². The number of anilines is 1. The first kappa shape index (κ1) is 27.8. The van der Waals surface area contributed by atoms with Crippen LogP contribution in [0.15, 0.2) is 48.7 Å². The molecule has 4 rings (SSSR count). The Kier molecular flexibility index (Phi) is 9.18. The minimum atomic E-state index is -3.24. The molecule has 6 nitrogen and oxygen atoms in total. The molecule has 2 aromatic heterocycles. The molecule has 2 heterocycles. The lowest BCUT2D eigenvalue weighted by Crippen LogP contribution is -2.13. The van der Waals surface area contributed by atoms with Gasteiger partial charge in [-0.2, -0.15) is 8.78 Å². The highest BCUT2D eigenvalue weighted by atomic mass is 31.1. The summed E-state index contributed by atoms with van der Waals surface area (Å²) in [4.78, 5) is 9.23. The van der Waals surface area contributed by atoms with E-state index in [2.05, 4.69) is 41.2 Å². The van der Waals surface area contributed by atoms with Crippen LogP contribution in [-0.2, 0) is 28.6 Å². The molecule has 0 radical (unpaired) electrons. The third-order valence-electron chi connectivity index (χ3n) is 6.49. The predicted octanol–water partition coefficient (Wildman–Crippen LogP) is 7.08. The van der Waals surface area contributed by atoms with Crippen LogP contribution < -0.4 is 10.5 Å². The predicted molar refractivity (Wildman–Crippen MR) is 148 cm³/mol. The number of benzene rings is 2. The first-order valence-electron chi connectivity index (χ1n) is 12.8. The zero-order valence-corrected chi connectivity index (χ0v) is 22.6. The number of nitrogens with two attached hydrogens (primary N) is 1. The van der Waals surface area contributed by atoms with E-state index in [0.717, 1.165) is 58.6 Å². The fourth-order valence-corrected chi connectivity index (χ4v) is 4.64. The maximum Gasteiger partial charge on any atom is 0.327 e. The van der Waals surface area contributed by atoms with Gasteiger partial charge in [-0.1, -0.05) is 31.5 Å². The number of aromatic nitrogens is 2. The summed E-state index contributed by atoms with van der Waals surface area (Å²) in [6.07, 6.45) is 5.04. The summed E-state index contributed by atoms with van der Waals surface area (Å²) in [5, 5.41) is 2.08. The fourth-order valence-electron chi connectivity index (χ4n) is 4.46. The van der Waals surface area contributed by atoms with E-state index in [1.165, 1.54) is 11.1 Å². The monoisotopic (exact) mass is 539 g/mol. The topological polar surface area (TPSA) is 87.3 Å². The number of nitrogen functional groups attached to an aromatic ring is 1. The minimum absolute atomic E-state index is 0.175. The molecular formula is C29H32F2N3O3P. The van der Waals surface area contributed by atoms with Gasteiger partial charge in [-0.15, -0.1) is 0 Å². The molecule has 200 valence electrons. The van der Waals surface area contributed by atoms with Crippen molar-refractivity contribution in [3.05, 3.63) is 70.9 Å².